The van der Waals surface area contributed by atoms with E-state index in [1.165, 1.54) is 18.5 Å². The van der Waals surface area contributed by atoms with Gasteiger partial charge >= 0.3 is 0 Å². The van der Waals surface area contributed by atoms with Crippen LogP contribution in [-0.2, 0) is 16.1 Å². The molecule has 1 aromatic carbocycles. The van der Waals surface area contributed by atoms with Crippen molar-refractivity contribution in [1.29, 1.82) is 0 Å². The van der Waals surface area contributed by atoms with Gasteiger partial charge in [-0.05, 0) is 42.4 Å². The largest absolute Gasteiger partial charge is 0.372 e. The molecule has 1 aliphatic carbocycles. The van der Waals surface area contributed by atoms with Gasteiger partial charge in [-0.1, -0.05) is 50.8 Å². The Hall–Kier alpha value is -4.34. The number of aromatic nitrogens is 4. The van der Waals surface area contributed by atoms with Gasteiger partial charge in [-0.15, -0.1) is 0 Å². The minimum Gasteiger partial charge on any atom is -0.372 e. The second kappa shape index (κ2) is 11.0. The highest BCUT2D eigenvalue weighted by Crippen LogP contribution is 2.35. The molecule has 40 heavy (non-hydrogen) atoms. The number of likely N-dealkylation sites (tertiary alicyclic amines) is 1. The summed E-state index contributed by atoms with van der Waals surface area (Å²) in [6, 6.07) is 7.70. The number of halogens is 1. The van der Waals surface area contributed by atoms with E-state index in [4.69, 9.17) is 5.10 Å². The number of fused-ring (bicyclic) bond motifs is 1. The maximum atomic E-state index is 14.3. The lowest BCUT2D eigenvalue weighted by molar-refractivity contribution is -0.127. The lowest BCUT2D eigenvalue weighted by Crippen LogP contribution is -2.40. The molecule has 2 amide bonds. The Bertz CT molecular complexity index is 1520. The van der Waals surface area contributed by atoms with Crippen LogP contribution in [0.3, 0.4) is 0 Å². The molecule has 208 valence electrons. The first-order valence-electron chi connectivity index (χ1n) is 13.5. The summed E-state index contributed by atoms with van der Waals surface area (Å²) in [5, 5.41) is 11.8. The number of piperidine rings is 1. The Labute approximate surface area is 232 Å². The third kappa shape index (κ3) is 5.38. The Balaban J connectivity index is 1.39. The zero-order chi connectivity index (χ0) is 28.4. The summed E-state index contributed by atoms with van der Waals surface area (Å²) >= 11 is 0. The molecular formula is C30H34FN7O2. The van der Waals surface area contributed by atoms with Gasteiger partial charge in [0.2, 0.25) is 11.8 Å². The third-order valence-corrected chi connectivity index (χ3v) is 7.51. The number of carbonyl (C=O) groups is 2. The second-order valence-corrected chi connectivity index (χ2v) is 11.0. The summed E-state index contributed by atoms with van der Waals surface area (Å²) in [6.07, 6.45) is 8.12. The van der Waals surface area contributed by atoms with Crippen LogP contribution in [0.1, 0.15) is 44.7 Å². The van der Waals surface area contributed by atoms with E-state index in [1.54, 1.807) is 18.0 Å². The van der Waals surface area contributed by atoms with Crippen molar-refractivity contribution >= 4 is 28.7 Å². The maximum absolute atomic E-state index is 14.3. The number of hydrogen-bond acceptors (Lipinski definition) is 6. The normalized spacial score (nSPS) is 18.6. The van der Waals surface area contributed by atoms with E-state index in [2.05, 4.69) is 27.2 Å². The monoisotopic (exact) mass is 543 g/mol. The quantitative estimate of drug-likeness (QED) is 0.418. The van der Waals surface area contributed by atoms with Crippen LogP contribution in [0.2, 0.25) is 0 Å². The summed E-state index contributed by atoms with van der Waals surface area (Å²) in [5.74, 6) is -0.294. The molecule has 2 aromatic heterocycles. The highest BCUT2D eigenvalue weighted by Gasteiger charge is 2.29. The number of nitrogens with zero attached hydrogens (tertiary/aromatic N) is 5. The molecule has 2 aliphatic rings. The highest BCUT2D eigenvalue weighted by atomic mass is 19.1. The van der Waals surface area contributed by atoms with Crippen molar-refractivity contribution in [1.82, 2.24) is 30.0 Å². The molecule has 0 radical (unpaired) electrons. The van der Waals surface area contributed by atoms with E-state index in [-0.39, 0.29) is 29.5 Å². The van der Waals surface area contributed by atoms with Crippen LogP contribution < -0.4 is 10.6 Å². The smallest absolute Gasteiger partial charge is 0.250 e. The number of hydrogen-bond donors (Lipinski definition) is 2. The van der Waals surface area contributed by atoms with Gasteiger partial charge in [0.25, 0.3) is 0 Å². The zero-order valence-corrected chi connectivity index (χ0v) is 23.1. The molecule has 0 spiro atoms. The van der Waals surface area contributed by atoms with Crippen molar-refractivity contribution in [2.75, 3.05) is 25.5 Å². The van der Waals surface area contributed by atoms with Gasteiger partial charge in [0.1, 0.15) is 23.7 Å². The average molecular weight is 544 g/mol. The first-order chi connectivity index (χ1) is 19.2. The van der Waals surface area contributed by atoms with Gasteiger partial charge < -0.3 is 15.5 Å². The lowest BCUT2D eigenvalue weighted by Gasteiger charge is -2.32. The summed E-state index contributed by atoms with van der Waals surface area (Å²) in [6.45, 7) is 9.07. The number of carbonyl (C=O) groups excluding carboxylic acids is 2. The molecule has 3 heterocycles. The fourth-order valence-electron chi connectivity index (χ4n) is 5.36. The van der Waals surface area contributed by atoms with Crippen LogP contribution in [0.15, 0.2) is 66.8 Å². The van der Waals surface area contributed by atoms with Crippen LogP contribution in [0.4, 0.5) is 10.2 Å². The topological polar surface area (TPSA) is 105 Å². The van der Waals surface area contributed by atoms with Gasteiger partial charge in [0.05, 0.1) is 17.0 Å². The van der Waals surface area contributed by atoms with Gasteiger partial charge in [-0.2, -0.15) is 5.10 Å². The van der Waals surface area contributed by atoms with Crippen LogP contribution in [0, 0.1) is 5.41 Å². The Morgan fingerprint density at radius 2 is 2.00 bits per heavy atom. The van der Waals surface area contributed by atoms with E-state index in [9.17, 15) is 14.0 Å². The van der Waals surface area contributed by atoms with Crippen molar-refractivity contribution < 1.29 is 14.0 Å². The molecule has 9 nitrogen and oxygen atoms in total. The lowest BCUT2D eigenvalue weighted by atomic mass is 9.81. The molecule has 0 saturated carbocycles. The van der Waals surface area contributed by atoms with E-state index < -0.39 is 11.7 Å². The second-order valence-electron chi connectivity index (χ2n) is 11.0. The minimum absolute atomic E-state index is 0.0303. The predicted molar refractivity (Wildman–Crippen MR) is 153 cm³/mol. The van der Waals surface area contributed by atoms with E-state index in [0.29, 0.717) is 31.0 Å². The SMILES string of the molecule is C=CC(=O)N1CCCC(n2nc(-c3ccc(CNC(=O)C4=C(F)C=CC(C)(C)C4)cc3)c3c(NC)ncnc32)C1. The summed E-state index contributed by atoms with van der Waals surface area (Å²) in [4.78, 5) is 35.8. The van der Waals surface area contributed by atoms with E-state index in [1.807, 2.05) is 42.8 Å². The number of allylic oxidation sites excluding steroid dienone is 3. The molecule has 1 aliphatic heterocycles. The Kier molecular flexibility index (Phi) is 7.51. The standard InChI is InChI=1S/C30H34FN7O2/c1-5-24(39)37-14-6-7-21(17-37)38-28-25(27(32-4)34-18-35-28)26(36-38)20-10-8-19(9-11-20)16-33-29(40)22-15-30(2,3)13-12-23(22)31/h5,8-13,18,21H,1,6-7,14-17H2,2-4H3,(H,33,40)(H,32,34,35). The van der Waals surface area contributed by atoms with Crippen LogP contribution in [0.25, 0.3) is 22.3 Å². The third-order valence-electron chi connectivity index (χ3n) is 7.51. The first kappa shape index (κ1) is 27.2. The van der Waals surface area contributed by atoms with Crippen LogP contribution >= 0.6 is 0 Å². The number of anilines is 1. The van der Waals surface area contributed by atoms with Crippen molar-refractivity contribution in [2.45, 2.75) is 45.7 Å². The summed E-state index contributed by atoms with van der Waals surface area (Å²) in [5.41, 5.74) is 3.09. The number of amides is 2. The molecule has 1 saturated heterocycles. The first-order valence-corrected chi connectivity index (χ1v) is 13.5. The molecule has 1 fully saturated rings. The average Bonchev–Trinajstić information content (AvgIpc) is 3.37. The molecule has 2 N–H and O–H groups in total. The number of rotatable bonds is 7. The molecule has 3 aromatic rings. The molecule has 0 bridgehead atoms. The zero-order valence-electron chi connectivity index (χ0n) is 23.1. The van der Waals surface area contributed by atoms with Crippen molar-refractivity contribution in [3.05, 3.63) is 72.4 Å². The van der Waals surface area contributed by atoms with E-state index in [0.717, 1.165) is 35.0 Å². The Morgan fingerprint density at radius 3 is 2.73 bits per heavy atom. The van der Waals surface area contributed by atoms with Gasteiger partial charge in [0.15, 0.2) is 5.65 Å². The van der Waals surface area contributed by atoms with Gasteiger partial charge in [-0.25, -0.2) is 19.0 Å². The Morgan fingerprint density at radius 1 is 1.23 bits per heavy atom. The number of benzene rings is 1. The predicted octanol–water partition coefficient (Wildman–Crippen LogP) is 4.71. The number of nitrogens with one attached hydrogen (secondary N) is 2. The molecule has 1 unspecified atom stereocenters. The fourth-order valence-corrected chi connectivity index (χ4v) is 5.36. The van der Waals surface area contributed by atoms with Crippen molar-refractivity contribution in [2.24, 2.45) is 5.41 Å². The highest BCUT2D eigenvalue weighted by molar-refractivity contribution is 5.99. The molecule has 10 heteroatoms. The summed E-state index contributed by atoms with van der Waals surface area (Å²) < 4.78 is 16.2. The summed E-state index contributed by atoms with van der Waals surface area (Å²) in [7, 11) is 1.81. The molecule has 1 atom stereocenters. The van der Waals surface area contributed by atoms with E-state index >= 15 is 0 Å². The van der Waals surface area contributed by atoms with Crippen LogP contribution in [0.5, 0.6) is 0 Å². The minimum atomic E-state index is -0.480. The molecule has 5 rings (SSSR count). The van der Waals surface area contributed by atoms with Crippen LogP contribution in [-0.4, -0.2) is 56.6 Å². The van der Waals surface area contributed by atoms with Crippen molar-refractivity contribution in [3.63, 3.8) is 0 Å². The van der Waals surface area contributed by atoms with Crippen molar-refractivity contribution in [3.8, 4) is 11.3 Å². The van der Waals surface area contributed by atoms with Gasteiger partial charge in [0, 0.05) is 32.2 Å². The molecular weight excluding hydrogens is 509 g/mol. The maximum Gasteiger partial charge on any atom is 0.250 e. The van der Waals surface area contributed by atoms with Gasteiger partial charge in [-0.3, -0.25) is 9.59 Å². The fraction of sp³-hybridized carbons (Fsp3) is 0.367.